The highest BCUT2D eigenvalue weighted by Crippen LogP contribution is 2.37. The predicted molar refractivity (Wildman–Crippen MR) is 138 cm³/mol. The Morgan fingerprint density at radius 3 is 2.28 bits per heavy atom. The first kappa shape index (κ1) is 25.0. The minimum absolute atomic E-state index is 0.183. The maximum Gasteiger partial charge on any atom is 0.340 e. The Kier molecular flexibility index (Phi) is 6.86. The largest absolute Gasteiger partial charge is 0.465 e. The van der Waals surface area contributed by atoms with Gasteiger partial charge in [-0.05, 0) is 68.8 Å². The Labute approximate surface area is 214 Å². The van der Waals surface area contributed by atoms with Crippen molar-refractivity contribution in [3.8, 4) is 5.69 Å². The fourth-order valence-corrected chi connectivity index (χ4v) is 4.70. The number of allylic oxidation sites excluding steroid dienone is 1. The van der Waals surface area contributed by atoms with E-state index in [1.807, 2.05) is 36.6 Å². The quantitative estimate of drug-likeness (QED) is 0.343. The minimum atomic E-state index is -0.610. The molecule has 0 N–H and O–H groups in total. The molecule has 36 heavy (non-hydrogen) atoms. The van der Waals surface area contributed by atoms with Crippen LogP contribution >= 0.6 is 11.6 Å². The van der Waals surface area contributed by atoms with Crippen LogP contribution < -0.4 is 4.90 Å². The summed E-state index contributed by atoms with van der Waals surface area (Å²) in [5, 5.41) is 0.470. The van der Waals surface area contributed by atoms with Gasteiger partial charge in [-0.2, -0.15) is 0 Å². The fourth-order valence-electron chi connectivity index (χ4n) is 4.52. The summed E-state index contributed by atoms with van der Waals surface area (Å²) in [7, 11) is 2.62. The second-order valence-corrected chi connectivity index (χ2v) is 8.74. The lowest BCUT2D eigenvalue weighted by Gasteiger charge is -2.18. The third-order valence-electron chi connectivity index (χ3n) is 6.18. The molecule has 2 heterocycles. The number of anilines is 1. The molecule has 8 heteroatoms. The van der Waals surface area contributed by atoms with Crippen LogP contribution in [-0.4, -0.2) is 36.6 Å². The van der Waals surface area contributed by atoms with Gasteiger partial charge in [-0.3, -0.25) is 9.69 Å². The van der Waals surface area contributed by atoms with Crippen LogP contribution in [0.15, 0.2) is 71.4 Å². The van der Waals surface area contributed by atoms with Gasteiger partial charge < -0.3 is 14.0 Å². The van der Waals surface area contributed by atoms with E-state index in [-0.39, 0.29) is 17.1 Å². The van der Waals surface area contributed by atoms with Crippen molar-refractivity contribution in [2.75, 3.05) is 19.1 Å². The van der Waals surface area contributed by atoms with Crippen LogP contribution in [0.25, 0.3) is 11.8 Å². The van der Waals surface area contributed by atoms with Crippen molar-refractivity contribution in [2.24, 2.45) is 0 Å². The van der Waals surface area contributed by atoms with E-state index in [0.717, 1.165) is 17.0 Å². The predicted octanol–water partition coefficient (Wildman–Crippen LogP) is 5.41. The zero-order valence-corrected chi connectivity index (χ0v) is 21.3. The summed E-state index contributed by atoms with van der Waals surface area (Å²) in [5.41, 5.74) is 4.80. The van der Waals surface area contributed by atoms with Crippen molar-refractivity contribution in [3.63, 3.8) is 0 Å². The standard InChI is InChI=1S/C28H25ClN2O5/c1-16-13-19(17(2)30(16)24-12-7-6-11-22(24)27(33)35-4)14-23-25(28(34)36-5)18(3)31(26(23)32)21-10-8-9-20(29)15-21/h6-15H,1-5H3/b23-14-. The van der Waals surface area contributed by atoms with E-state index in [1.165, 1.54) is 19.1 Å². The Hall–Kier alpha value is -4.10. The van der Waals surface area contributed by atoms with Crippen molar-refractivity contribution in [3.05, 3.63) is 99.0 Å². The van der Waals surface area contributed by atoms with Gasteiger partial charge in [0.1, 0.15) is 0 Å². The molecule has 0 atom stereocenters. The number of hydrogen-bond donors (Lipinski definition) is 0. The maximum atomic E-state index is 13.6. The number of methoxy groups -OCH3 is 2. The lowest BCUT2D eigenvalue weighted by Crippen LogP contribution is -2.24. The normalized spacial score (nSPS) is 14.6. The Balaban J connectivity index is 1.87. The molecule has 0 saturated carbocycles. The summed E-state index contributed by atoms with van der Waals surface area (Å²) in [6.45, 7) is 5.48. The van der Waals surface area contributed by atoms with E-state index < -0.39 is 11.9 Å². The first-order valence-electron chi connectivity index (χ1n) is 11.2. The van der Waals surface area contributed by atoms with E-state index in [4.69, 9.17) is 21.1 Å². The van der Waals surface area contributed by atoms with Crippen molar-refractivity contribution >= 4 is 41.2 Å². The molecule has 1 aromatic heterocycles. The number of amides is 1. The summed E-state index contributed by atoms with van der Waals surface area (Å²) in [4.78, 5) is 40.2. The number of carbonyl (C=O) groups is 3. The summed E-state index contributed by atoms with van der Waals surface area (Å²) < 4.78 is 11.9. The number of para-hydroxylation sites is 1. The third kappa shape index (κ3) is 4.22. The highest BCUT2D eigenvalue weighted by atomic mass is 35.5. The molecule has 0 fully saturated rings. The molecule has 1 aliphatic heterocycles. The molecule has 7 nitrogen and oxygen atoms in total. The van der Waals surface area contributed by atoms with Gasteiger partial charge in [0, 0.05) is 22.1 Å². The van der Waals surface area contributed by atoms with Crippen LogP contribution in [0.5, 0.6) is 0 Å². The lowest BCUT2D eigenvalue weighted by molar-refractivity contribution is -0.136. The molecular weight excluding hydrogens is 480 g/mol. The number of rotatable bonds is 5. The maximum absolute atomic E-state index is 13.6. The first-order valence-corrected chi connectivity index (χ1v) is 11.5. The minimum Gasteiger partial charge on any atom is -0.465 e. The number of halogens is 1. The highest BCUT2D eigenvalue weighted by Gasteiger charge is 2.38. The third-order valence-corrected chi connectivity index (χ3v) is 6.41. The average Bonchev–Trinajstić information content (AvgIpc) is 3.28. The second kappa shape index (κ2) is 9.87. The van der Waals surface area contributed by atoms with Crippen LogP contribution in [0.3, 0.4) is 0 Å². The average molecular weight is 505 g/mol. The number of ether oxygens (including phenoxy) is 2. The first-order chi connectivity index (χ1) is 17.2. The van der Waals surface area contributed by atoms with E-state index >= 15 is 0 Å². The molecule has 0 spiro atoms. The SMILES string of the molecule is COC(=O)C1=C(C)N(c2cccc(Cl)c2)C(=O)/C1=C\c1cc(C)n(-c2ccccc2C(=O)OC)c1C. The van der Waals surface area contributed by atoms with E-state index in [0.29, 0.717) is 27.7 Å². The lowest BCUT2D eigenvalue weighted by atomic mass is 10.0. The van der Waals surface area contributed by atoms with Gasteiger partial charge in [0.25, 0.3) is 5.91 Å². The van der Waals surface area contributed by atoms with Gasteiger partial charge in [0.05, 0.1) is 42.3 Å². The second-order valence-electron chi connectivity index (χ2n) is 8.30. The summed E-state index contributed by atoms with van der Waals surface area (Å²) >= 11 is 6.16. The van der Waals surface area contributed by atoms with Crippen LogP contribution in [0.2, 0.25) is 5.02 Å². The van der Waals surface area contributed by atoms with Crippen molar-refractivity contribution < 1.29 is 23.9 Å². The van der Waals surface area contributed by atoms with Gasteiger partial charge in [0.2, 0.25) is 0 Å². The van der Waals surface area contributed by atoms with Crippen LogP contribution in [0.1, 0.15) is 34.2 Å². The molecule has 0 unspecified atom stereocenters. The smallest absolute Gasteiger partial charge is 0.340 e. The van der Waals surface area contributed by atoms with Crippen LogP contribution in [-0.2, 0) is 19.1 Å². The molecule has 0 aliphatic carbocycles. The van der Waals surface area contributed by atoms with E-state index in [2.05, 4.69) is 0 Å². The Morgan fingerprint density at radius 2 is 1.61 bits per heavy atom. The van der Waals surface area contributed by atoms with E-state index in [9.17, 15) is 14.4 Å². The number of aryl methyl sites for hydroxylation is 1. The fraction of sp³-hybridized carbons (Fsp3) is 0.179. The molecule has 4 rings (SSSR count). The van der Waals surface area contributed by atoms with Crippen molar-refractivity contribution in [1.82, 2.24) is 4.57 Å². The van der Waals surface area contributed by atoms with Gasteiger partial charge in [0.15, 0.2) is 0 Å². The number of carbonyl (C=O) groups excluding carboxylic acids is 3. The van der Waals surface area contributed by atoms with Crippen molar-refractivity contribution in [2.45, 2.75) is 20.8 Å². The van der Waals surface area contributed by atoms with Gasteiger partial charge in [-0.15, -0.1) is 0 Å². The molecule has 1 amide bonds. The Morgan fingerprint density at radius 1 is 0.917 bits per heavy atom. The molecule has 184 valence electrons. The monoisotopic (exact) mass is 504 g/mol. The molecule has 0 saturated heterocycles. The topological polar surface area (TPSA) is 77.8 Å². The molecular formula is C28H25ClN2O5. The molecule has 3 aromatic rings. The molecule has 2 aromatic carbocycles. The van der Waals surface area contributed by atoms with Gasteiger partial charge in [-0.25, -0.2) is 9.59 Å². The van der Waals surface area contributed by atoms with Crippen LogP contribution in [0.4, 0.5) is 5.69 Å². The highest BCUT2D eigenvalue weighted by molar-refractivity contribution is 6.31. The molecule has 0 bridgehead atoms. The number of esters is 2. The van der Waals surface area contributed by atoms with Gasteiger partial charge >= 0.3 is 11.9 Å². The summed E-state index contributed by atoms with van der Waals surface area (Å²) in [6, 6.07) is 15.9. The number of nitrogens with zero attached hydrogens (tertiary/aromatic N) is 2. The number of hydrogen-bond acceptors (Lipinski definition) is 5. The molecule has 0 radical (unpaired) electrons. The summed E-state index contributed by atoms with van der Waals surface area (Å²) in [5.74, 6) is -1.43. The van der Waals surface area contributed by atoms with Crippen LogP contribution in [0, 0.1) is 13.8 Å². The number of benzene rings is 2. The number of aromatic nitrogens is 1. The zero-order valence-electron chi connectivity index (χ0n) is 20.6. The zero-order chi connectivity index (χ0) is 26.1. The van der Waals surface area contributed by atoms with E-state index in [1.54, 1.807) is 49.4 Å². The van der Waals surface area contributed by atoms with Crippen molar-refractivity contribution in [1.29, 1.82) is 0 Å². The molecule has 1 aliphatic rings. The van der Waals surface area contributed by atoms with Gasteiger partial charge in [-0.1, -0.05) is 29.8 Å². The summed E-state index contributed by atoms with van der Waals surface area (Å²) in [6.07, 6.45) is 1.68. The Bertz CT molecular complexity index is 1460.